The van der Waals surface area contributed by atoms with E-state index in [-0.39, 0.29) is 11.3 Å². The lowest BCUT2D eigenvalue weighted by Crippen LogP contribution is -2.37. The average Bonchev–Trinajstić information content (AvgIpc) is 2.94. The monoisotopic (exact) mass is 276 g/mol. The largest absolute Gasteiger partial charge is 0.371 e. The molecular formula is C15H20N2OS. The fourth-order valence-electron chi connectivity index (χ4n) is 3.53. The van der Waals surface area contributed by atoms with Gasteiger partial charge in [0.15, 0.2) is 0 Å². The first kappa shape index (κ1) is 12.9. The number of hydrogen-bond donors (Lipinski definition) is 1. The van der Waals surface area contributed by atoms with Crippen molar-refractivity contribution >= 4 is 24.2 Å². The molecule has 3 rings (SSSR count). The molecule has 2 aliphatic rings. The molecular weight excluding hydrogens is 256 g/mol. The number of carbonyl (C=O) groups excluding carboxylic acids is 1. The third kappa shape index (κ3) is 1.93. The Bertz CT molecular complexity index is 531. The van der Waals surface area contributed by atoms with Crippen molar-refractivity contribution < 1.29 is 4.79 Å². The summed E-state index contributed by atoms with van der Waals surface area (Å²) in [6.45, 7) is 7.63. The van der Waals surface area contributed by atoms with Crippen LogP contribution >= 0.6 is 12.6 Å². The Morgan fingerprint density at radius 1 is 1.42 bits per heavy atom. The highest BCUT2D eigenvalue weighted by Crippen LogP contribution is 2.46. The van der Waals surface area contributed by atoms with Gasteiger partial charge in [-0.2, -0.15) is 0 Å². The smallest absolute Gasteiger partial charge is 0.219 e. The summed E-state index contributed by atoms with van der Waals surface area (Å²) in [6, 6.07) is 6.42. The molecule has 2 heterocycles. The number of nitrogens with zero attached hydrogens (tertiary/aromatic N) is 2. The van der Waals surface area contributed by atoms with E-state index < -0.39 is 0 Å². The number of likely N-dealkylation sites (tertiary alicyclic amines) is 1. The third-order valence-corrected chi connectivity index (χ3v) is 4.84. The Balaban J connectivity index is 2.02. The van der Waals surface area contributed by atoms with Crippen molar-refractivity contribution in [2.75, 3.05) is 31.1 Å². The number of hydrogen-bond acceptors (Lipinski definition) is 3. The van der Waals surface area contributed by atoms with Gasteiger partial charge in [-0.25, -0.2) is 0 Å². The van der Waals surface area contributed by atoms with E-state index in [1.54, 1.807) is 6.92 Å². The van der Waals surface area contributed by atoms with Crippen LogP contribution in [0.3, 0.4) is 0 Å². The molecule has 4 heteroatoms. The fraction of sp³-hybridized carbons (Fsp3) is 0.533. The van der Waals surface area contributed by atoms with Crippen molar-refractivity contribution in [1.82, 2.24) is 4.90 Å². The van der Waals surface area contributed by atoms with E-state index >= 15 is 0 Å². The van der Waals surface area contributed by atoms with E-state index in [1.165, 1.54) is 11.3 Å². The zero-order chi connectivity index (χ0) is 13.6. The summed E-state index contributed by atoms with van der Waals surface area (Å²) in [5, 5.41) is 0. The summed E-state index contributed by atoms with van der Waals surface area (Å²) in [6.07, 6.45) is 1.06. The quantitative estimate of drug-likeness (QED) is 0.796. The molecule has 0 bridgehead atoms. The van der Waals surface area contributed by atoms with Gasteiger partial charge in [-0.05, 0) is 37.1 Å². The van der Waals surface area contributed by atoms with Crippen molar-refractivity contribution in [1.29, 1.82) is 0 Å². The van der Waals surface area contributed by atoms with Crippen LogP contribution in [0.4, 0.5) is 5.69 Å². The van der Waals surface area contributed by atoms with Crippen LogP contribution in [0.25, 0.3) is 0 Å². The first-order valence-corrected chi connectivity index (χ1v) is 7.34. The van der Waals surface area contributed by atoms with Gasteiger partial charge >= 0.3 is 0 Å². The second-order valence-electron chi connectivity index (χ2n) is 5.69. The van der Waals surface area contributed by atoms with Crippen molar-refractivity contribution in [3.8, 4) is 0 Å². The molecule has 1 aromatic rings. The van der Waals surface area contributed by atoms with Crippen LogP contribution in [0.5, 0.6) is 0 Å². The highest BCUT2D eigenvalue weighted by molar-refractivity contribution is 7.80. The van der Waals surface area contributed by atoms with Gasteiger partial charge < -0.3 is 9.80 Å². The number of thiol groups is 1. The van der Waals surface area contributed by atoms with Gasteiger partial charge in [0.25, 0.3) is 0 Å². The number of likely N-dealkylation sites (N-methyl/N-ethyl adjacent to an activating group) is 1. The number of rotatable bonds is 1. The molecule has 1 spiro atoms. The maximum Gasteiger partial charge on any atom is 0.219 e. The van der Waals surface area contributed by atoms with Gasteiger partial charge in [0, 0.05) is 49.1 Å². The maximum absolute atomic E-state index is 11.6. The second-order valence-corrected chi connectivity index (χ2v) is 6.20. The van der Waals surface area contributed by atoms with Gasteiger partial charge in [-0.1, -0.05) is 0 Å². The van der Waals surface area contributed by atoms with Gasteiger partial charge in [-0.3, -0.25) is 4.79 Å². The minimum absolute atomic E-state index is 0.121. The molecule has 1 amide bonds. The number of carbonyl (C=O) groups is 1. The van der Waals surface area contributed by atoms with Crippen LogP contribution in [0.1, 0.15) is 25.8 Å². The molecule has 2 aliphatic heterocycles. The first-order chi connectivity index (χ1) is 9.05. The molecule has 1 saturated heterocycles. The Hall–Kier alpha value is -1.16. The van der Waals surface area contributed by atoms with E-state index in [1.807, 2.05) is 4.90 Å². The molecule has 0 saturated carbocycles. The minimum Gasteiger partial charge on any atom is -0.371 e. The summed E-state index contributed by atoms with van der Waals surface area (Å²) in [7, 11) is 0. The van der Waals surface area contributed by atoms with E-state index in [4.69, 9.17) is 0 Å². The Morgan fingerprint density at radius 2 is 2.21 bits per heavy atom. The first-order valence-electron chi connectivity index (χ1n) is 6.90. The van der Waals surface area contributed by atoms with Gasteiger partial charge in [0.1, 0.15) is 0 Å². The Kier molecular flexibility index (Phi) is 3.01. The van der Waals surface area contributed by atoms with Crippen LogP contribution in [0, 0.1) is 0 Å². The molecule has 0 N–H and O–H groups in total. The molecule has 1 fully saturated rings. The molecule has 0 radical (unpaired) electrons. The summed E-state index contributed by atoms with van der Waals surface area (Å²) in [5.41, 5.74) is 2.83. The summed E-state index contributed by atoms with van der Waals surface area (Å²) >= 11 is 4.48. The standard InChI is InChI=1S/C15H20N2OS/c1-3-16-9-15(6-7-17(10-15)11(2)18)13-8-12(19)4-5-14(13)16/h4-5,8,19H,3,6-7,9-10H2,1-2H3. The highest BCUT2D eigenvalue weighted by Gasteiger charge is 2.47. The molecule has 19 heavy (non-hydrogen) atoms. The van der Waals surface area contributed by atoms with Crippen molar-refractivity contribution in [2.45, 2.75) is 30.6 Å². The van der Waals surface area contributed by atoms with Crippen molar-refractivity contribution in [3.63, 3.8) is 0 Å². The maximum atomic E-state index is 11.6. The fourth-order valence-corrected chi connectivity index (χ4v) is 3.74. The molecule has 1 unspecified atom stereocenters. The zero-order valence-corrected chi connectivity index (χ0v) is 12.4. The SMILES string of the molecule is CCN1CC2(CCN(C(C)=O)C2)c2cc(S)ccc21. The summed E-state index contributed by atoms with van der Waals surface area (Å²) in [4.78, 5) is 17.0. The van der Waals surface area contributed by atoms with Crippen LogP contribution < -0.4 is 4.90 Å². The molecule has 0 aliphatic carbocycles. The lowest BCUT2D eigenvalue weighted by atomic mass is 9.81. The lowest BCUT2D eigenvalue weighted by molar-refractivity contribution is -0.127. The van der Waals surface area contributed by atoms with Gasteiger partial charge in [0.05, 0.1) is 0 Å². The second kappa shape index (κ2) is 4.44. The molecule has 3 nitrogen and oxygen atoms in total. The molecule has 1 aromatic carbocycles. The van der Waals surface area contributed by atoms with E-state index in [9.17, 15) is 4.79 Å². The number of benzene rings is 1. The van der Waals surface area contributed by atoms with E-state index in [0.29, 0.717) is 0 Å². The summed E-state index contributed by atoms with van der Waals surface area (Å²) < 4.78 is 0. The predicted octanol–water partition coefficient (Wildman–Crippen LogP) is 2.31. The Labute approximate surface area is 120 Å². The Morgan fingerprint density at radius 3 is 2.84 bits per heavy atom. The molecule has 102 valence electrons. The van der Waals surface area contributed by atoms with Crippen molar-refractivity contribution in [2.24, 2.45) is 0 Å². The van der Waals surface area contributed by atoms with Crippen LogP contribution in [-0.2, 0) is 10.2 Å². The topological polar surface area (TPSA) is 23.6 Å². The number of fused-ring (bicyclic) bond motifs is 2. The van der Waals surface area contributed by atoms with Gasteiger partial charge in [-0.15, -0.1) is 12.6 Å². The number of amides is 1. The number of anilines is 1. The zero-order valence-electron chi connectivity index (χ0n) is 11.5. The normalized spacial score (nSPS) is 25.2. The molecule has 1 atom stereocenters. The third-order valence-electron chi connectivity index (χ3n) is 4.57. The van der Waals surface area contributed by atoms with Crippen LogP contribution in [0.2, 0.25) is 0 Å². The van der Waals surface area contributed by atoms with E-state index in [2.05, 4.69) is 42.7 Å². The van der Waals surface area contributed by atoms with E-state index in [0.717, 1.165) is 37.5 Å². The summed E-state index contributed by atoms with van der Waals surface area (Å²) in [5.74, 6) is 0.190. The minimum atomic E-state index is 0.121. The lowest BCUT2D eigenvalue weighted by Gasteiger charge is -2.25. The van der Waals surface area contributed by atoms with Crippen LogP contribution in [0.15, 0.2) is 23.1 Å². The predicted molar refractivity (Wildman–Crippen MR) is 80.1 cm³/mol. The average molecular weight is 276 g/mol. The highest BCUT2D eigenvalue weighted by atomic mass is 32.1. The van der Waals surface area contributed by atoms with Gasteiger partial charge in [0.2, 0.25) is 5.91 Å². The van der Waals surface area contributed by atoms with Crippen LogP contribution in [-0.4, -0.2) is 37.0 Å². The molecule has 0 aromatic heterocycles. The van der Waals surface area contributed by atoms with Crippen molar-refractivity contribution in [3.05, 3.63) is 23.8 Å².